The first-order valence-electron chi connectivity index (χ1n) is 4.91. The number of hydrogen-bond donors (Lipinski definition) is 1. The summed E-state index contributed by atoms with van der Waals surface area (Å²) in [6.07, 6.45) is -3.74. The summed E-state index contributed by atoms with van der Waals surface area (Å²) < 4.78 is 38.4. The predicted octanol–water partition coefficient (Wildman–Crippen LogP) is 2.53. The maximum Gasteiger partial charge on any atom is 0.398 e. The average Bonchev–Trinajstić information content (AvgIpc) is 2.38. The summed E-state index contributed by atoms with van der Waals surface area (Å²) in [6, 6.07) is 3.15. The smallest absolute Gasteiger partial charge is 0.315 e. The van der Waals surface area contributed by atoms with Gasteiger partial charge in [0.15, 0.2) is 0 Å². The maximum absolute atomic E-state index is 12.8. The molecule has 1 aromatic rings. The van der Waals surface area contributed by atoms with Crippen molar-refractivity contribution < 1.29 is 13.2 Å². The third-order valence-corrected chi connectivity index (χ3v) is 2.83. The summed E-state index contributed by atoms with van der Waals surface area (Å²) in [5.74, 6) is -1.57. The first-order chi connectivity index (χ1) is 7.48. The van der Waals surface area contributed by atoms with Crippen LogP contribution in [0, 0.1) is 0 Å². The number of nitrogens with zero attached hydrogens (tertiary/aromatic N) is 1. The second-order valence-corrected chi connectivity index (χ2v) is 4.11. The monoisotopic (exact) mass is 250 g/mol. The molecule has 2 nitrogen and oxygen atoms in total. The molecule has 0 saturated carbocycles. The van der Waals surface area contributed by atoms with Gasteiger partial charge in [0, 0.05) is 6.54 Å². The fourth-order valence-corrected chi connectivity index (χ4v) is 1.98. The van der Waals surface area contributed by atoms with Gasteiger partial charge in [0.1, 0.15) is 11.1 Å². The molecule has 88 valence electrons. The summed E-state index contributed by atoms with van der Waals surface area (Å²) in [4.78, 5) is 3.83. The van der Waals surface area contributed by atoms with E-state index >= 15 is 0 Å². The number of nitrogens with one attached hydrogen (secondary N) is 1. The molecule has 0 fully saturated rings. The normalized spacial score (nSPS) is 21.4. The van der Waals surface area contributed by atoms with E-state index < -0.39 is 12.1 Å². The first kappa shape index (κ1) is 11.7. The van der Waals surface area contributed by atoms with E-state index in [4.69, 9.17) is 11.6 Å². The molecule has 1 unspecified atom stereocenters. The Hall–Kier alpha value is -0.810. The van der Waals surface area contributed by atoms with Gasteiger partial charge in [-0.2, -0.15) is 13.2 Å². The molecule has 0 saturated heterocycles. The number of alkyl halides is 3. The molecule has 16 heavy (non-hydrogen) atoms. The quantitative estimate of drug-likeness (QED) is 0.716. The van der Waals surface area contributed by atoms with Gasteiger partial charge in [-0.1, -0.05) is 17.7 Å². The van der Waals surface area contributed by atoms with Gasteiger partial charge < -0.3 is 5.32 Å². The highest BCUT2D eigenvalue weighted by Crippen LogP contribution is 2.36. The van der Waals surface area contributed by atoms with Gasteiger partial charge in [-0.05, 0) is 24.6 Å². The third kappa shape index (κ3) is 2.30. The van der Waals surface area contributed by atoms with Crippen LogP contribution < -0.4 is 5.32 Å². The molecule has 0 radical (unpaired) electrons. The highest BCUT2D eigenvalue weighted by atomic mass is 35.5. The van der Waals surface area contributed by atoms with E-state index in [1.54, 1.807) is 6.07 Å². The molecular weight excluding hydrogens is 241 g/mol. The van der Waals surface area contributed by atoms with Crippen molar-refractivity contribution in [2.24, 2.45) is 0 Å². The zero-order valence-corrected chi connectivity index (χ0v) is 9.07. The summed E-state index contributed by atoms with van der Waals surface area (Å²) >= 11 is 5.65. The minimum absolute atomic E-state index is 0.0602. The number of aromatic nitrogens is 1. The lowest BCUT2D eigenvalue weighted by atomic mass is 9.99. The molecule has 0 aliphatic carbocycles. The molecular formula is C10H10ClF3N2. The van der Waals surface area contributed by atoms with E-state index in [-0.39, 0.29) is 17.4 Å². The van der Waals surface area contributed by atoms with Crippen LogP contribution in [0.25, 0.3) is 0 Å². The molecule has 6 heteroatoms. The van der Waals surface area contributed by atoms with Crippen LogP contribution in [-0.2, 0) is 6.42 Å². The molecule has 1 atom stereocenters. The number of halogens is 4. The Morgan fingerprint density at radius 3 is 2.81 bits per heavy atom. The van der Waals surface area contributed by atoms with E-state index in [0.29, 0.717) is 18.5 Å². The number of hydrogen-bond acceptors (Lipinski definition) is 2. The summed E-state index contributed by atoms with van der Waals surface area (Å²) in [5, 5.41) is 2.87. The van der Waals surface area contributed by atoms with E-state index in [2.05, 4.69) is 10.3 Å². The fourth-order valence-electron chi connectivity index (χ4n) is 1.83. The minimum Gasteiger partial charge on any atom is -0.315 e. The largest absolute Gasteiger partial charge is 0.398 e. The number of pyridine rings is 1. The topological polar surface area (TPSA) is 24.9 Å². The molecule has 0 spiro atoms. The zero-order chi connectivity index (χ0) is 11.8. The van der Waals surface area contributed by atoms with Crippen molar-refractivity contribution in [3.8, 4) is 0 Å². The Labute approximate surface area is 95.8 Å². The van der Waals surface area contributed by atoms with Crippen molar-refractivity contribution in [1.82, 2.24) is 10.3 Å². The summed E-state index contributed by atoms with van der Waals surface area (Å²) in [5.41, 5.74) is 0.682. The van der Waals surface area contributed by atoms with Gasteiger partial charge >= 0.3 is 6.18 Å². The highest BCUT2D eigenvalue weighted by molar-refractivity contribution is 6.29. The summed E-state index contributed by atoms with van der Waals surface area (Å²) in [6.45, 7) is 0.396. The van der Waals surface area contributed by atoms with E-state index in [9.17, 15) is 13.2 Å². The SMILES string of the molecule is FC(F)(F)C1CNCCc2ccc(Cl)nc21. The average molecular weight is 251 g/mol. The Kier molecular flexibility index (Phi) is 3.08. The van der Waals surface area contributed by atoms with Crippen molar-refractivity contribution in [2.45, 2.75) is 18.5 Å². The van der Waals surface area contributed by atoms with Gasteiger partial charge in [-0.25, -0.2) is 4.98 Å². The van der Waals surface area contributed by atoms with Crippen molar-refractivity contribution in [3.05, 3.63) is 28.5 Å². The lowest BCUT2D eigenvalue weighted by molar-refractivity contribution is -0.150. The highest BCUT2D eigenvalue weighted by Gasteiger charge is 2.43. The molecule has 1 aliphatic heterocycles. The predicted molar refractivity (Wildman–Crippen MR) is 54.6 cm³/mol. The van der Waals surface area contributed by atoms with Gasteiger partial charge in [-0.15, -0.1) is 0 Å². The van der Waals surface area contributed by atoms with Gasteiger partial charge in [-0.3, -0.25) is 0 Å². The van der Waals surface area contributed by atoms with Crippen molar-refractivity contribution >= 4 is 11.6 Å². The molecule has 1 N–H and O–H groups in total. The number of fused-ring (bicyclic) bond motifs is 1. The molecule has 1 aliphatic rings. The van der Waals surface area contributed by atoms with E-state index in [1.165, 1.54) is 6.07 Å². The van der Waals surface area contributed by atoms with Crippen molar-refractivity contribution in [1.29, 1.82) is 0 Å². The molecule has 1 aromatic heterocycles. The second kappa shape index (κ2) is 4.22. The van der Waals surface area contributed by atoms with Crippen molar-refractivity contribution in [2.75, 3.05) is 13.1 Å². The van der Waals surface area contributed by atoms with Crippen LogP contribution in [0.4, 0.5) is 13.2 Å². The first-order valence-corrected chi connectivity index (χ1v) is 5.29. The van der Waals surface area contributed by atoms with Crippen LogP contribution in [0.2, 0.25) is 5.15 Å². The third-order valence-electron chi connectivity index (χ3n) is 2.62. The van der Waals surface area contributed by atoms with E-state index in [0.717, 1.165) is 0 Å². The molecule has 2 heterocycles. The van der Waals surface area contributed by atoms with Gasteiger partial charge in [0.2, 0.25) is 0 Å². The van der Waals surface area contributed by atoms with Gasteiger partial charge in [0.25, 0.3) is 0 Å². The Bertz CT molecular complexity index is 392. The zero-order valence-electron chi connectivity index (χ0n) is 8.31. The van der Waals surface area contributed by atoms with Crippen molar-refractivity contribution in [3.63, 3.8) is 0 Å². The second-order valence-electron chi connectivity index (χ2n) is 3.73. The van der Waals surface area contributed by atoms with Gasteiger partial charge in [0.05, 0.1) is 5.69 Å². The van der Waals surface area contributed by atoms with Crippen LogP contribution in [0.3, 0.4) is 0 Å². The molecule has 0 aromatic carbocycles. The van der Waals surface area contributed by atoms with Crippen LogP contribution in [0.15, 0.2) is 12.1 Å². The standard InChI is InChI=1S/C10H10ClF3N2/c11-8-2-1-6-3-4-15-5-7(9(6)16-8)10(12,13)14/h1-2,7,15H,3-5H2. The van der Waals surface area contributed by atoms with Crippen LogP contribution in [0.5, 0.6) is 0 Å². The molecule has 2 rings (SSSR count). The minimum atomic E-state index is -4.29. The Morgan fingerprint density at radius 2 is 2.12 bits per heavy atom. The van der Waals surface area contributed by atoms with E-state index in [1.807, 2.05) is 0 Å². The van der Waals surface area contributed by atoms with Crippen LogP contribution in [0.1, 0.15) is 17.2 Å². The summed E-state index contributed by atoms with van der Waals surface area (Å²) in [7, 11) is 0. The Morgan fingerprint density at radius 1 is 1.38 bits per heavy atom. The number of rotatable bonds is 0. The molecule has 0 bridgehead atoms. The van der Waals surface area contributed by atoms with Crippen LogP contribution >= 0.6 is 11.6 Å². The Balaban J connectivity index is 2.47. The lowest BCUT2D eigenvalue weighted by Gasteiger charge is -2.19. The fraction of sp³-hybridized carbons (Fsp3) is 0.500. The lowest BCUT2D eigenvalue weighted by Crippen LogP contribution is -2.31. The van der Waals surface area contributed by atoms with Crippen LogP contribution in [-0.4, -0.2) is 24.2 Å². The molecule has 0 amide bonds. The maximum atomic E-state index is 12.8.